The molecule has 1 amide bonds. The molecule has 11 heteroatoms. The molecule has 3 aromatic rings. The van der Waals surface area contributed by atoms with Crippen LogP contribution < -0.4 is 9.64 Å². The number of aryl methyl sites for hydroxylation is 1. The second-order valence-electron chi connectivity index (χ2n) is 14.2. The predicted molar refractivity (Wildman–Crippen MR) is 192 cm³/mol. The fourth-order valence-corrected chi connectivity index (χ4v) is 10.7. The van der Waals surface area contributed by atoms with Crippen LogP contribution in [0.5, 0.6) is 5.75 Å². The minimum Gasteiger partial charge on any atom is -0.490 e. The summed E-state index contributed by atoms with van der Waals surface area (Å²) >= 11 is 6.45. The van der Waals surface area contributed by atoms with Gasteiger partial charge in [-0.3, -0.25) is 9.78 Å². The van der Waals surface area contributed by atoms with E-state index in [1.165, 1.54) is 23.5 Å². The summed E-state index contributed by atoms with van der Waals surface area (Å²) in [6, 6.07) is 11.8. The van der Waals surface area contributed by atoms with Gasteiger partial charge in [0.25, 0.3) is 11.7 Å². The third-order valence-electron chi connectivity index (χ3n) is 10.7. The molecule has 1 fully saturated rings. The number of allylic oxidation sites excluding steroid dienone is 1. The largest absolute Gasteiger partial charge is 0.490 e. The Bertz CT molecular complexity index is 1930. The molecule has 0 N–H and O–H groups in total. The fourth-order valence-electron chi connectivity index (χ4n) is 8.18. The Morgan fingerprint density at radius 2 is 2.06 bits per heavy atom. The van der Waals surface area contributed by atoms with Crippen molar-refractivity contribution in [1.29, 1.82) is 0 Å². The minimum atomic E-state index is -3.09. The molecule has 0 radical (unpaired) electrons. The van der Waals surface area contributed by atoms with Crippen LogP contribution in [0.25, 0.3) is 4.85 Å². The Kier molecular flexibility index (Phi) is 9.53. The van der Waals surface area contributed by atoms with E-state index in [0.29, 0.717) is 36.1 Å². The zero-order chi connectivity index (χ0) is 34.2. The van der Waals surface area contributed by atoms with E-state index < -0.39 is 15.6 Å². The van der Waals surface area contributed by atoms with Crippen molar-refractivity contribution in [1.82, 2.24) is 9.97 Å². The van der Waals surface area contributed by atoms with E-state index in [1.807, 2.05) is 25.1 Å². The number of halogens is 1. The summed E-state index contributed by atoms with van der Waals surface area (Å²) in [7, 11) is -1.31. The molecule has 1 spiro atoms. The highest BCUT2D eigenvalue weighted by atomic mass is 35.5. The van der Waals surface area contributed by atoms with Crippen molar-refractivity contribution in [3.05, 3.63) is 99.8 Å². The number of nitrogens with zero attached hydrogens (tertiary/aromatic N) is 5. The molecule has 7 rings (SSSR count). The van der Waals surface area contributed by atoms with Crippen molar-refractivity contribution >= 4 is 38.7 Å². The summed E-state index contributed by atoms with van der Waals surface area (Å²) in [4.78, 5) is 28.1. The smallest absolute Gasteiger partial charge is 0.287 e. The van der Waals surface area contributed by atoms with E-state index in [4.69, 9.17) is 27.6 Å². The second-order valence-corrected chi connectivity index (χ2v) is 17.0. The van der Waals surface area contributed by atoms with Gasteiger partial charge in [-0.25, -0.2) is 4.21 Å². The molecule has 2 aliphatic carbocycles. The summed E-state index contributed by atoms with van der Waals surface area (Å²) in [6.07, 6.45) is 13.0. The Labute approximate surface area is 294 Å². The summed E-state index contributed by atoms with van der Waals surface area (Å²) in [5.41, 5.74) is 4.00. The first-order valence-electron chi connectivity index (χ1n) is 17.1. The monoisotopic (exact) mass is 699 g/mol. The number of hydrogen-bond donors (Lipinski definition) is 0. The molecule has 1 saturated carbocycles. The average Bonchev–Trinajstić information content (AvgIpc) is 3.22. The summed E-state index contributed by atoms with van der Waals surface area (Å²) in [6.45, 7) is 11.3. The van der Waals surface area contributed by atoms with Crippen molar-refractivity contribution in [3.63, 3.8) is 0 Å². The molecule has 1 aromatic heterocycles. The molecule has 3 heterocycles. The van der Waals surface area contributed by atoms with Crippen molar-refractivity contribution in [2.24, 2.45) is 22.1 Å². The average molecular weight is 700 g/mol. The normalized spacial score (nSPS) is 30.4. The number of rotatable bonds is 3. The maximum atomic E-state index is 14.6. The Balaban J connectivity index is 1.31. The number of carbonyl (C=O) groups excluding carboxylic acids is 1. The number of fused-ring (bicyclic) bond motifs is 4. The number of hydrogen-bond acceptors (Lipinski definition) is 7. The van der Waals surface area contributed by atoms with Gasteiger partial charge in [-0.05, 0) is 97.7 Å². The van der Waals surface area contributed by atoms with E-state index in [-0.39, 0.29) is 34.8 Å². The van der Waals surface area contributed by atoms with Gasteiger partial charge in [0, 0.05) is 42.0 Å². The van der Waals surface area contributed by atoms with Gasteiger partial charge >= 0.3 is 0 Å². The van der Waals surface area contributed by atoms with Gasteiger partial charge < -0.3 is 19.2 Å². The standard InChI is InChI=1S/C38H42ClN5O4S/c1-25-6-4-8-34(47-3)31-12-9-28(31)20-44-23-38(15-5-7-26-16-29(39)11-13-32(26)38)24-48-35-14-10-27(17-33(35)44)37(45)43-49(46,21-25)22-30-18-42-36(40-2)19-41-30/h4,8,10-11,13-14,16-19,25,28,31,34H,5-7,9,12,15,20-24H2,1,3H3/b8-4+/t25-,28-,31+,34-,38-,49+/m0/s1. The molecule has 9 nitrogen and oxygen atoms in total. The quantitative estimate of drug-likeness (QED) is 0.205. The number of benzene rings is 2. The van der Waals surface area contributed by atoms with Crippen LogP contribution in [0.3, 0.4) is 0 Å². The van der Waals surface area contributed by atoms with Crippen molar-refractivity contribution in [2.75, 3.05) is 37.5 Å². The van der Waals surface area contributed by atoms with Crippen LogP contribution in [-0.2, 0) is 32.1 Å². The number of anilines is 1. The van der Waals surface area contributed by atoms with Gasteiger partial charge in [-0.2, -0.15) is 4.36 Å². The van der Waals surface area contributed by atoms with Crippen LogP contribution in [0.2, 0.25) is 5.02 Å². The lowest BCUT2D eigenvalue weighted by molar-refractivity contribution is 0.0131. The van der Waals surface area contributed by atoms with Crippen molar-refractivity contribution in [3.8, 4) is 5.75 Å². The maximum Gasteiger partial charge on any atom is 0.287 e. The van der Waals surface area contributed by atoms with Gasteiger partial charge in [-0.15, -0.1) is 4.98 Å². The molecule has 0 unspecified atom stereocenters. The Hall–Kier alpha value is -3.78. The topological polar surface area (TPSA) is 98.3 Å². The van der Waals surface area contributed by atoms with E-state index in [0.717, 1.165) is 61.7 Å². The summed E-state index contributed by atoms with van der Waals surface area (Å²) < 4.78 is 31.7. The predicted octanol–water partition coefficient (Wildman–Crippen LogP) is 7.60. The molecular weight excluding hydrogens is 658 g/mol. The SMILES string of the molecule is [C-]#[N+]c1cnc(C[S@@]2(=O)=NC(=O)c3ccc4c(c3)N(C[C@@H]3CC[C@H]3[C@@H](OC)/C=C/C[C@H](C)C2)C[C@@]2(CCCc3cc(Cl)ccc32)CO4)cn1. The lowest BCUT2D eigenvalue weighted by atomic mass is 9.68. The van der Waals surface area contributed by atoms with Crippen LogP contribution in [0.15, 0.2) is 65.3 Å². The van der Waals surface area contributed by atoms with Crippen LogP contribution >= 0.6 is 11.6 Å². The van der Waals surface area contributed by atoms with Crippen molar-refractivity contribution in [2.45, 2.75) is 62.7 Å². The highest BCUT2D eigenvalue weighted by molar-refractivity contribution is 7.93. The van der Waals surface area contributed by atoms with Gasteiger partial charge in [0.2, 0.25) is 0 Å². The minimum absolute atomic E-state index is 0.0150. The molecule has 2 bridgehead atoms. The molecule has 2 aliphatic heterocycles. The molecule has 256 valence electrons. The highest BCUT2D eigenvalue weighted by Crippen LogP contribution is 2.47. The molecule has 49 heavy (non-hydrogen) atoms. The van der Waals surface area contributed by atoms with E-state index in [9.17, 15) is 9.00 Å². The molecular formula is C38H42ClN5O4S. The zero-order valence-corrected chi connectivity index (χ0v) is 29.6. The molecule has 0 saturated heterocycles. The summed E-state index contributed by atoms with van der Waals surface area (Å²) in [5, 5.41) is 0.750. The first-order valence-corrected chi connectivity index (χ1v) is 19.4. The summed E-state index contributed by atoms with van der Waals surface area (Å²) in [5.74, 6) is 1.31. The van der Waals surface area contributed by atoms with Crippen LogP contribution in [-0.4, -0.2) is 58.7 Å². The molecule has 6 atom stereocenters. The Morgan fingerprint density at radius 3 is 2.82 bits per heavy atom. The van der Waals surface area contributed by atoms with Gasteiger partial charge in [0.05, 0.1) is 45.8 Å². The van der Waals surface area contributed by atoms with Crippen LogP contribution in [0.1, 0.15) is 66.2 Å². The lowest BCUT2D eigenvalue weighted by Crippen LogP contribution is -2.49. The maximum absolute atomic E-state index is 14.6. The fraction of sp³-hybridized carbons (Fsp3) is 0.474. The first-order chi connectivity index (χ1) is 23.7. The molecule has 4 aliphatic rings. The third-order valence-corrected chi connectivity index (χ3v) is 13.3. The van der Waals surface area contributed by atoms with Gasteiger partial charge in [0.1, 0.15) is 11.9 Å². The third kappa shape index (κ3) is 6.99. The van der Waals surface area contributed by atoms with Gasteiger partial charge in [0.15, 0.2) is 0 Å². The zero-order valence-electron chi connectivity index (χ0n) is 28.0. The number of methoxy groups -OCH3 is 1. The Morgan fingerprint density at radius 1 is 1.18 bits per heavy atom. The number of ether oxygens (including phenoxy) is 2. The number of carbonyl (C=O) groups is 1. The number of amides is 1. The van der Waals surface area contributed by atoms with E-state index in [2.05, 4.69) is 48.4 Å². The van der Waals surface area contributed by atoms with E-state index in [1.54, 1.807) is 13.2 Å². The second kappa shape index (κ2) is 13.9. The van der Waals surface area contributed by atoms with E-state index >= 15 is 0 Å². The van der Waals surface area contributed by atoms with Crippen LogP contribution in [0, 0.1) is 24.3 Å². The van der Waals surface area contributed by atoms with Gasteiger partial charge in [-0.1, -0.05) is 43.3 Å². The molecule has 2 aromatic carbocycles. The van der Waals surface area contributed by atoms with Crippen LogP contribution in [0.4, 0.5) is 11.5 Å². The lowest BCUT2D eigenvalue weighted by Gasteiger charge is -2.46. The highest BCUT2D eigenvalue weighted by Gasteiger charge is 2.44. The van der Waals surface area contributed by atoms with Crippen molar-refractivity contribution < 1.29 is 18.5 Å². The first kappa shape index (κ1) is 33.7. The number of aromatic nitrogens is 2.